The van der Waals surface area contributed by atoms with E-state index in [1.54, 1.807) is 12.1 Å². The maximum absolute atomic E-state index is 12.6. The van der Waals surface area contributed by atoms with Crippen LogP contribution < -0.4 is 9.86 Å². The predicted octanol–water partition coefficient (Wildman–Crippen LogP) is 2.50. The van der Waals surface area contributed by atoms with E-state index in [2.05, 4.69) is 0 Å². The van der Waals surface area contributed by atoms with Crippen molar-refractivity contribution >= 4 is 36.9 Å². The van der Waals surface area contributed by atoms with Crippen LogP contribution in [0.5, 0.6) is 0 Å². The van der Waals surface area contributed by atoms with Gasteiger partial charge in [0.15, 0.2) is 0 Å². The monoisotopic (exact) mass is 436 g/mol. The molecule has 0 aliphatic carbocycles. The Morgan fingerprint density at radius 1 is 0.966 bits per heavy atom. The smallest absolute Gasteiger partial charge is 0.265 e. The average Bonchev–Trinajstić information content (AvgIpc) is 3.04. The molecule has 0 aliphatic heterocycles. The SMILES string of the molecule is CC(C)(C)c1cc2cc(C(=O)NS(=O)(=O)c3ccccc3S(N)(=O)=O)ccc2o1. The van der Waals surface area contributed by atoms with Crippen LogP contribution in [0, 0.1) is 0 Å². The van der Waals surface area contributed by atoms with E-state index in [1.807, 2.05) is 25.5 Å². The number of primary sulfonamides is 1. The highest BCUT2D eigenvalue weighted by molar-refractivity contribution is 7.92. The van der Waals surface area contributed by atoms with Gasteiger partial charge in [-0.15, -0.1) is 0 Å². The first-order chi connectivity index (χ1) is 13.3. The van der Waals surface area contributed by atoms with Gasteiger partial charge in [0, 0.05) is 16.4 Å². The van der Waals surface area contributed by atoms with Crippen LogP contribution in [0.3, 0.4) is 0 Å². The van der Waals surface area contributed by atoms with Crippen LogP contribution in [0.2, 0.25) is 0 Å². The van der Waals surface area contributed by atoms with Gasteiger partial charge in [-0.05, 0) is 36.4 Å². The lowest BCUT2D eigenvalue weighted by Crippen LogP contribution is -2.32. The van der Waals surface area contributed by atoms with Gasteiger partial charge in [0.1, 0.15) is 21.1 Å². The molecule has 0 aliphatic rings. The summed E-state index contributed by atoms with van der Waals surface area (Å²) in [6.07, 6.45) is 0. The van der Waals surface area contributed by atoms with Gasteiger partial charge in [-0.2, -0.15) is 0 Å². The van der Waals surface area contributed by atoms with Gasteiger partial charge in [-0.25, -0.2) is 26.7 Å². The largest absolute Gasteiger partial charge is 0.461 e. The van der Waals surface area contributed by atoms with Crippen molar-refractivity contribution < 1.29 is 26.0 Å². The quantitative estimate of drug-likeness (QED) is 0.645. The van der Waals surface area contributed by atoms with Crippen molar-refractivity contribution in [2.24, 2.45) is 5.14 Å². The molecular formula is C19H20N2O6S2. The summed E-state index contributed by atoms with van der Waals surface area (Å²) in [7, 11) is -8.77. The van der Waals surface area contributed by atoms with Gasteiger partial charge in [0.05, 0.1) is 0 Å². The van der Waals surface area contributed by atoms with Gasteiger partial charge < -0.3 is 4.42 Å². The van der Waals surface area contributed by atoms with Crippen molar-refractivity contribution in [3.8, 4) is 0 Å². The number of sulfonamides is 2. The van der Waals surface area contributed by atoms with E-state index in [9.17, 15) is 21.6 Å². The summed E-state index contributed by atoms with van der Waals surface area (Å²) in [6, 6.07) is 11.1. The summed E-state index contributed by atoms with van der Waals surface area (Å²) in [5.74, 6) is -0.186. The van der Waals surface area contributed by atoms with E-state index >= 15 is 0 Å². The standard InChI is InChI=1S/C19H20N2O6S2/c1-19(2,3)17-11-13-10-12(8-9-14(13)27-17)18(22)21-29(25,26)16-7-5-4-6-15(16)28(20,23)24/h4-11H,1-3H3,(H,21,22)(H2,20,23,24). The Bertz CT molecular complexity index is 1320. The molecular weight excluding hydrogens is 416 g/mol. The fourth-order valence-electron chi connectivity index (χ4n) is 2.70. The van der Waals surface area contributed by atoms with E-state index in [1.165, 1.54) is 24.3 Å². The highest BCUT2D eigenvalue weighted by atomic mass is 32.2. The topological polar surface area (TPSA) is 137 Å². The molecule has 0 radical (unpaired) electrons. The highest BCUT2D eigenvalue weighted by Gasteiger charge is 2.26. The molecule has 0 bridgehead atoms. The van der Waals surface area contributed by atoms with Crippen molar-refractivity contribution in [2.75, 3.05) is 0 Å². The molecule has 3 rings (SSSR count). The van der Waals surface area contributed by atoms with Crippen molar-refractivity contribution in [1.82, 2.24) is 4.72 Å². The Morgan fingerprint density at radius 3 is 2.17 bits per heavy atom. The molecule has 1 aromatic heterocycles. The molecule has 2 aromatic carbocycles. The van der Waals surface area contributed by atoms with E-state index in [0.717, 1.165) is 17.9 Å². The van der Waals surface area contributed by atoms with E-state index in [0.29, 0.717) is 11.0 Å². The number of rotatable bonds is 4. The van der Waals surface area contributed by atoms with Gasteiger partial charge in [-0.1, -0.05) is 32.9 Å². The second-order valence-corrected chi connectivity index (χ2v) is 10.7. The Labute approximate surface area is 168 Å². The number of carbonyl (C=O) groups excluding carboxylic acids is 1. The maximum Gasteiger partial charge on any atom is 0.265 e. The lowest BCUT2D eigenvalue weighted by Gasteiger charge is -2.13. The summed E-state index contributed by atoms with van der Waals surface area (Å²) in [5, 5.41) is 5.72. The number of nitrogens with one attached hydrogen (secondary N) is 1. The highest BCUT2D eigenvalue weighted by Crippen LogP contribution is 2.29. The first-order valence-corrected chi connectivity index (χ1v) is 11.5. The second-order valence-electron chi connectivity index (χ2n) is 7.54. The number of amides is 1. The van der Waals surface area contributed by atoms with Crippen molar-refractivity contribution in [3.05, 3.63) is 59.9 Å². The number of hydrogen-bond donors (Lipinski definition) is 2. The van der Waals surface area contributed by atoms with Crippen LogP contribution in [0.4, 0.5) is 0 Å². The molecule has 0 fully saturated rings. The normalized spacial score (nSPS) is 12.8. The average molecular weight is 437 g/mol. The molecule has 3 aromatic rings. The van der Waals surface area contributed by atoms with Crippen LogP contribution in [0.15, 0.2) is 62.7 Å². The van der Waals surface area contributed by atoms with Gasteiger partial charge in [0.2, 0.25) is 10.0 Å². The predicted molar refractivity (Wildman–Crippen MR) is 107 cm³/mol. The summed E-state index contributed by atoms with van der Waals surface area (Å²) < 4.78 is 56.2. The molecule has 10 heteroatoms. The Kier molecular flexibility index (Phi) is 5.06. The molecule has 154 valence electrons. The second kappa shape index (κ2) is 6.97. The zero-order valence-electron chi connectivity index (χ0n) is 16.0. The third-order valence-corrected chi connectivity index (χ3v) is 6.68. The minimum Gasteiger partial charge on any atom is -0.461 e. The lowest BCUT2D eigenvalue weighted by molar-refractivity contribution is 0.0981. The van der Waals surface area contributed by atoms with Gasteiger partial charge in [0.25, 0.3) is 15.9 Å². The zero-order valence-corrected chi connectivity index (χ0v) is 17.6. The summed E-state index contributed by atoms with van der Waals surface area (Å²) in [6.45, 7) is 5.94. The first kappa shape index (κ1) is 21.0. The molecule has 0 saturated heterocycles. The molecule has 29 heavy (non-hydrogen) atoms. The molecule has 0 spiro atoms. The number of carbonyl (C=O) groups is 1. The summed E-state index contributed by atoms with van der Waals surface area (Å²) >= 11 is 0. The lowest BCUT2D eigenvalue weighted by atomic mass is 9.93. The van der Waals surface area contributed by atoms with Crippen LogP contribution >= 0.6 is 0 Å². The Hall–Kier alpha value is -2.69. The van der Waals surface area contributed by atoms with Crippen molar-refractivity contribution in [2.45, 2.75) is 36.0 Å². The number of furan rings is 1. The fourth-order valence-corrected chi connectivity index (χ4v) is 5.05. The number of benzene rings is 2. The van der Waals surface area contributed by atoms with Crippen molar-refractivity contribution in [3.63, 3.8) is 0 Å². The van der Waals surface area contributed by atoms with Crippen LogP contribution in [0.25, 0.3) is 11.0 Å². The Balaban J connectivity index is 1.96. The molecule has 0 unspecified atom stereocenters. The first-order valence-electron chi connectivity index (χ1n) is 8.52. The van der Waals surface area contributed by atoms with Gasteiger partial charge in [-0.3, -0.25) is 4.79 Å². The molecule has 1 amide bonds. The van der Waals surface area contributed by atoms with Crippen LogP contribution in [-0.4, -0.2) is 22.7 Å². The fraction of sp³-hybridized carbons (Fsp3) is 0.211. The van der Waals surface area contributed by atoms with Crippen LogP contribution in [-0.2, 0) is 25.5 Å². The molecule has 0 atom stereocenters. The molecule has 3 N–H and O–H groups in total. The number of hydrogen-bond acceptors (Lipinski definition) is 6. The summed E-state index contributed by atoms with van der Waals surface area (Å²) in [5.41, 5.74) is 0.409. The number of nitrogens with two attached hydrogens (primary N) is 1. The molecule has 0 saturated carbocycles. The van der Waals surface area contributed by atoms with Crippen LogP contribution in [0.1, 0.15) is 36.9 Å². The van der Waals surface area contributed by atoms with E-state index in [4.69, 9.17) is 9.56 Å². The van der Waals surface area contributed by atoms with Gasteiger partial charge >= 0.3 is 0 Å². The van der Waals surface area contributed by atoms with E-state index in [-0.39, 0.29) is 11.0 Å². The minimum atomic E-state index is -4.47. The number of fused-ring (bicyclic) bond motifs is 1. The summed E-state index contributed by atoms with van der Waals surface area (Å²) in [4.78, 5) is 11.3. The van der Waals surface area contributed by atoms with E-state index < -0.39 is 35.7 Å². The zero-order chi connectivity index (χ0) is 21.6. The maximum atomic E-state index is 12.6. The third-order valence-electron chi connectivity index (χ3n) is 4.19. The Morgan fingerprint density at radius 2 is 1.59 bits per heavy atom. The minimum absolute atomic E-state index is 0.0791. The molecule has 1 heterocycles. The molecule has 8 nitrogen and oxygen atoms in total. The third kappa shape index (κ3) is 4.34. The van der Waals surface area contributed by atoms with Crippen molar-refractivity contribution in [1.29, 1.82) is 0 Å².